The van der Waals surface area contributed by atoms with E-state index in [1.807, 2.05) is 6.07 Å². The summed E-state index contributed by atoms with van der Waals surface area (Å²) in [5.74, 6) is -0.888. The predicted molar refractivity (Wildman–Crippen MR) is 128 cm³/mol. The van der Waals surface area contributed by atoms with Gasteiger partial charge in [-0.3, -0.25) is 24.5 Å². The van der Waals surface area contributed by atoms with Crippen LogP contribution in [0.5, 0.6) is 0 Å². The van der Waals surface area contributed by atoms with Gasteiger partial charge in [0.05, 0.1) is 50.4 Å². The summed E-state index contributed by atoms with van der Waals surface area (Å²) in [5, 5.41) is 21.3. The van der Waals surface area contributed by atoms with Crippen molar-refractivity contribution in [3.05, 3.63) is 29.3 Å². The highest BCUT2D eigenvalue weighted by atomic mass is 32.5. The van der Waals surface area contributed by atoms with Gasteiger partial charge in [0.15, 0.2) is 30.1 Å². The molecule has 3 heterocycles. The number of carbonyl (C=O) groups is 1. The van der Waals surface area contributed by atoms with Gasteiger partial charge >= 0.3 is 0 Å². The third-order valence-electron chi connectivity index (χ3n) is 5.17. The highest BCUT2D eigenvalue weighted by molar-refractivity contribution is 8.10. The number of aliphatic hydroxyl groups excluding tert-OH is 1. The van der Waals surface area contributed by atoms with Crippen molar-refractivity contribution >= 4 is 41.3 Å². The molecule has 1 amide bonds. The van der Waals surface area contributed by atoms with Gasteiger partial charge in [-0.15, -0.1) is 6.58 Å². The second kappa shape index (κ2) is 11.5. The lowest BCUT2D eigenvalue weighted by Crippen LogP contribution is -2.33. The Balaban J connectivity index is 2.00. The molecule has 1 aliphatic rings. The van der Waals surface area contributed by atoms with Crippen LogP contribution in [0.25, 0.3) is 11.2 Å². The van der Waals surface area contributed by atoms with Gasteiger partial charge in [0.1, 0.15) is 0 Å². The molecule has 3 N–H and O–H groups in total. The molecule has 2 aromatic rings. The maximum Gasteiger partial charge on any atom is 0.280 e. The number of alkyl halides is 1. The molecule has 5 atom stereocenters. The molecule has 0 aromatic carbocycles. The zero-order valence-electron chi connectivity index (χ0n) is 19.1. The SMILES string of the molecule is C=CCOP(=S)(OCCC#N)[C@@H]1C(CO)OC(n2cnc3c(=O)[nH]c(NC(=O)C(C)C)nc32)[C@@H]1F. The molecule has 0 radical (unpaired) electrons. The number of hydrogen-bond donors (Lipinski definition) is 3. The number of aromatic amines is 1. The summed E-state index contributed by atoms with van der Waals surface area (Å²) in [6.45, 7) is 2.79. The summed E-state index contributed by atoms with van der Waals surface area (Å²) in [7, 11) is 0. The smallest absolute Gasteiger partial charge is 0.280 e. The zero-order valence-corrected chi connectivity index (χ0v) is 20.8. The van der Waals surface area contributed by atoms with Gasteiger partial charge in [0, 0.05) is 5.92 Å². The van der Waals surface area contributed by atoms with E-state index < -0.39 is 42.8 Å². The van der Waals surface area contributed by atoms with E-state index in [0.29, 0.717) is 0 Å². The molecule has 0 bridgehead atoms. The number of aliphatic hydroxyl groups is 1. The van der Waals surface area contributed by atoms with Crippen molar-refractivity contribution < 1.29 is 28.1 Å². The number of aromatic nitrogens is 4. The van der Waals surface area contributed by atoms with Crippen molar-refractivity contribution in [3.8, 4) is 6.07 Å². The lowest BCUT2D eigenvalue weighted by Gasteiger charge is -2.30. The summed E-state index contributed by atoms with van der Waals surface area (Å²) in [6.07, 6.45) is -1.71. The first-order chi connectivity index (χ1) is 16.7. The number of amides is 1. The Labute approximate surface area is 205 Å². The lowest BCUT2D eigenvalue weighted by molar-refractivity contribution is -0.118. The molecule has 3 unspecified atom stereocenters. The molecule has 35 heavy (non-hydrogen) atoms. The number of carbonyl (C=O) groups excluding carboxylic acids is 1. The normalized spacial score (nSPS) is 23.8. The Hall–Kier alpha value is -2.53. The average molecular weight is 529 g/mol. The average Bonchev–Trinajstić information content (AvgIpc) is 3.38. The number of imidazole rings is 1. The summed E-state index contributed by atoms with van der Waals surface area (Å²) < 4.78 is 34.3. The van der Waals surface area contributed by atoms with Crippen LogP contribution in [0.15, 0.2) is 23.8 Å². The molecule has 1 aliphatic heterocycles. The molecule has 1 saturated heterocycles. The minimum absolute atomic E-state index is 0.0112. The van der Waals surface area contributed by atoms with Crippen LogP contribution in [0.2, 0.25) is 0 Å². The number of rotatable bonds is 11. The Kier molecular flexibility index (Phi) is 8.87. The van der Waals surface area contributed by atoms with Gasteiger partial charge in [0.2, 0.25) is 11.9 Å². The van der Waals surface area contributed by atoms with Crippen LogP contribution in [-0.2, 0) is 30.4 Å². The number of anilines is 1. The number of nitriles is 1. The van der Waals surface area contributed by atoms with E-state index in [1.54, 1.807) is 13.8 Å². The van der Waals surface area contributed by atoms with Crippen LogP contribution < -0.4 is 10.9 Å². The minimum atomic E-state index is -3.42. The molecular formula is C20H26FN6O6PS. The number of halogens is 1. The highest BCUT2D eigenvalue weighted by Gasteiger charge is 2.54. The summed E-state index contributed by atoms with van der Waals surface area (Å²) in [6, 6.07) is 1.92. The van der Waals surface area contributed by atoms with Gasteiger partial charge in [-0.2, -0.15) is 10.2 Å². The second-order valence-corrected chi connectivity index (χ2v) is 11.7. The molecule has 0 spiro atoms. The summed E-state index contributed by atoms with van der Waals surface area (Å²) in [5.41, 5.74) is -1.97. The van der Waals surface area contributed by atoms with Crippen molar-refractivity contribution in [3.63, 3.8) is 0 Å². The zero-order chi connectivity index (χ0) is 25.8. The molecule has 2 aromatic heterocycles. The largest absolute Gasteiger partial charge is 0.394 e. The highest BCUT2D eigenvalue weighted by Crippen LogP contribution is 2.60. The summed E-state index contributed by atoms with van der Waals surface area (Å²) in [4.78, 5) is 35.2. The van der Waals surface area contributed by atoms with E-state index in [-0.39, 0.29) is 48.6 Å². The van der Waals surface area contributed by atoms with Crippen LogP contribution in [0.3, 0.4) is 0 Å². The Morgan fingerprint density at radius 1 is 1.57 bits per heavy atom. The van der Waals surface area contributed by atoms with Crippen LogP contribution in [-0.4, -0.2) is 68.3 Å². The minimum Gasteiger partial charge on any atom is -0.394 e. The van der Waals surface area contributed by atoms with E-state index in [2.05, 4.69) is 26.8 Å². The molecule has 1 fully saturated rings. The van der Waals surface area contributed by atoms with Crippen LogP contribution in [0.1, 0.15) is 26.5 Å². The topological polar surface area (TPSA) is 164 Å². The number of fused-ring (bicyclic) bond motifs is 1. The van der Waals surface area contributed by atoms with Gasteiger partial charge in [0.25, 0.3) is 5.56 Å². The first-order valence-corrected chi connectivity index (χ1v) is 13.4. The van der Waals surface area contributed by atoms with Crippen LogP contribution >= 0.6 is 6.49 Å². The van der Waals surface area contributed by atoms with E-state index in [4.69, 9.17) is 30.9 Å². The van der Waals surface area contributed by atoms with Gasteiger partial charge < -0.3 is 18.9 Å². The predicted octanol–water partition coefficient (Wildman–Crippen LogP) is 1.75. The molecular weight excluding hydrogens is 502 g/mol. The molecule has 12 nitrogen and oxygen atoms in total. The third kappa shape index (κ3) is 5.66. The van der Waals surface area contributed by atoms with Crippen molar-refractivity contribution in [1.29, 1.82) is 5.26 Å². The number of ether oxygens (including phenoxy) is 1. The maximum absolute atomic E-state index is 16.0. The third-order valence-corrected chi connectivity index (χ3v) is 8.93. The number of H-pyrrole nitrogens is 1. The van der Waals surface area contributed by atoms with E-state index >= 15 is 4.39 Å². The van der Waals surface area contributed by atoms with Gasteiger partial charge in [-0.25, -0.2) is 9.37 Å². The summed E-state index contributed by atoms with van der Waals surface area (Å²) >= 11 is 5.59. The van der Waals surface area contributed by atoms with Crippen molar-refractivity contribution in [2.75, 3.05) is 25.1 Å². The first-order valence-electron chi connectivity index (χ1n) is 10.7. The Bertz CT molecular complexity index is 1230. The standard InChI is InChI=1S/C20H26FN6O6PS/c1-4-7-31-34(35,32-8-5-6-22)15-12(9-28)33-19(13(15)21)27-10-23-14-16(27)24-20(26-18(14)30)25-17(29)11(2)3/h4,10-13,15,19,28H,1,5,7-9H2,2-3H3,(H2,24,25,26,29,30)/t12?,13-,15-,19?,34?/m1/s1. The number of hydrogen-bond acceptors (Lipinski definition) is 10. The van der Waals surface area contributed by atoms with E-state index in [1.165, 1.54) is 17.0 Å². The fourth-order valence-corrected chi connectivity index (χ4v) is 6.78. The van der Waals surface area contributed by atoms with E-state index in [9.17, 15) is 14.7 Å². The van der Waals surface area contributed by atoms with Gasteiger partial charge in [-0.05, 0) is 11.8 Å². The monoisotopic (exact) mass is 528 g/mol. The van der Waals surface area contributed by atoms with E-state index in [0.717, 1.165) is 0 Å². The lowest BCUT2D eigenvalue weighted by atomic mass is 10.2. The molecule has 3 rings (SSSR count). The Morgan fingerprint density at radius 3 is 2.94 bits per heavy atom. The second-order valence-electron chi connectivity index (χ2n) is 7.93. The van der Waals surface area contributed by atoms with Crippen LogP contribution in [0, 0.1) is 17.2 Å². The number of nitrogens with one attached hydrogen (secondary N) is 2. The number of nitrogens with zero attached hydrogens (tertiary/aromatic N) is 4. The molecule has 0 aliphatic carbocycles. The van der Waals surface area contributed by atoms with Crippen molar-refractivity contribution in [2.45, 2.75) is 44.4 Å². The fraction of sp³-hybridized carbons (Fsp3) is 0.550. The quantitative estimate of drug-likeness (QED) is 0.222. The van der Waals surface area contributed by atoms with Crippen molar-refractivity contribution in [2.24, 2.45) is 5.92 Å². The molecule has 190 valence electrons. The van der Waals surface area contributed by atoms with Crippen molar-refractivity contribution in [1.82, 2.24) is 19.5 Å². The molecule has 0 saturated carbocycles. The Morgan fingerprint density at radius 2 is 2.31 bits per heavy atom. The maximum atomic E-state index is 16.0. The van der Waals surface area contributed by atoms with Gasteiger partial charge in [-0.1, -0.05) is 19.9 Å². The first kappa shape index (κ1) is 27.1. The fourth-order valence-electron chi connectivity index (χ4n) is 3.47. The molecule has 15 heteroatoms. The van der Waals surface area contributed by atoms with Crippen LogP contribution in [0.4, 0.5) is 10.3 Å².